The third kappa shape index (κ3) is 6.70. The number of aromatic nitrogens is 2. The van der Waals surface area contributed by atoms with Gasteiger partial charge in [-0.25, -0.2) is 14.2 Å². The van der Waals surface area contributed by atoms with Crippen LogP contribution < -0.4 is 14.8 Å². The van der Waals surface area contributed by atoms with E-state index in [0.717, 1.165) is 11.8 Å². The maximum absolute atomic E-state index is 13.2. The molecule has 0 aliphatic rings. The summed E-state index contributed by atoms with van der Waals surface area (Å²) < 4.78 is 29.8. The highest BCUT2D eigenvalue weighted by molar-refractivity contribution is 6.35. The number of benzene rings is 2. The molecule has 0 aliphatic carbocycles. The summed E-state index contributed by atoms with van der Waals surface area (Å²) in [5, 5.41) is 3.84. The van der Waals surface area contributed by atoms with Crippen LogP contribution in [0, 0.1) is 5.82 Å². The molecule has 1 atom stereocenters. The standard InChI is InChI=1S/C28H24Cl2FN3O4/c1-36-24-9-7-19(11-26(24)37-2)25(12-21-22(29)15-32-16-23(21)30)38-28(35)18-5-3-17(4-6-18)13-33-27-10-8-20(31)14-34-27/h3-11,14-16,25H,12-13H2,1-2H3,(H,33,34)/t25-/m0/s1. The third-order valence-electron chi connectivity index (χ3n) is 5.76. The van der Waals surface area contributed by atoms with Gasteiger partial charge in [-0.05, 0) is 53.1 Å². The molecular weight excluding hydrogens is 532 g/mol. The molecule has 2 heterocycles. The van der Waals surface area contributed by atoms with E-state index < -0.39 is 17.9 Å². The molecule has 4 rings (SSSR count). The smallest absolute Gasteiger partial charge is 0.338 e. The first-order valence-electron chi connectivity index (χ1n) is 11.5. The molecule has 0 aliphatic heterocycles. The fourth-order valence-corrected chi connectivity index (χ4v) is 4.25. The number of hydrogen-bond donors (Lipinski definition) is 1. The summed E-state index contributed by atoms with van der Waals surface area (Å²) in [6.07, 6.45) is 3.61. The van der Waals surface area contributed by atoms with E-state index in [-0.39, 0.29) is 6.42 Å². The van der Waals surface area contributed by atoms with Gasteiger partial charge in [-0.1, -0.05) is 41.4 Å². The molecule has 7 nitrogen and oxygen atoms in total. The fourth-order valence-electron chi connectivity index (χ4n) is 3.73. The number of halogens is 3. The molecule has 1 N–H and O–H groups in total. The molecule has 38 heavy (non-hydrogen) atoms. The summed E-state index contributed by atoms with van der Waals surface area (Å²) in [4.78, 5) is 21.1. The van der Waals surface area contributed by atoms with Gasteiger partial charge in [-0.3, -0.25) is 4.98 Å². The minimum absolute atomic E-state index is 0.216. The lowest BCUT2D eigenvalue weighted by Gasteiger charge is -2.21. The molecule has 0 unspecified atom stereocenters. The first kappa shape index (κ1) is 27.2. The SMILES string of the molecule is COc1ccc([C@H](Cc2c(Cl)cncc2Cl)OC(=O)c2ccc(CNc3ccc(F)cn3)cc2)cc1OC. The Balaban J connectivity index is 1.53. The van der Waals surface area contributed by atoms with Crippen molar-refractivity contribution < 1.29 is 23.4 Å². The third-order valence-corrected chi connectivity index (χ3v) is 6.41. The normalized spacial score (nSPS) is 11.5. The number of carbonyl (C=O) groups is 1. The van der Waals surface area contributed by atoms with Crippen molar-refractivity contribution in [3.8, 4) is 11.5 Å². The van der Waals surface area contributed by atoms with Crippen molar-refractivity contribution in [3.63, 3.8) is 0 Å². The number of pyridine rings is 2. The second kappa shape index (κ2) is 12.6. The largest absolute Gasteiger partial charge is 0.493 e. The van der Waals surface area contributed by atoms with Crippen LogP contribution in [0.5, 0.6) is 11.5 Å². The van der Waals surface area contributed by atoms with Gasteiger partial charge in [0.25, 0.3) is 0 Å². The van der Waals surface area contributed by atoms with E-state index in [1.54, 1.807) is 55.6 Å². The molecule has 2 aromatic heterocycles. The van der Waals surface area contributed by atoms with Crippen LogP contribution in [-0.4, -0.2) is 30.2 Å². The Labute approximate surface area is 229 Å². The Bertz CT molecular complexity index is 1380. The summed E-state index contributed by atoms with van der Waals surface area (Å²) in [5.41, 5.74) is 2.55. The zero-order valence-corrected chi connectivity index (χ0v) is 22.1. The summed E-state index contributed by atoms with van der Waals surface area (Å²) >= 11 is 12.7. The van der Waals surface area contributed by atoms with Crippen LogP contribution in [0.25, 0.3) is 0 Å². The lowest BCUT2D eigenvalue weighted by molar-refractivity contribution is 0.0297. The summed E-state index contributed by atoms with van der Waals surface area (Å²) in [6, 6.07) is 15.1. The van der Waals surface area contributed by atoms with Gasteiger partial charge >= 0.3 is 5.97 Å². The zero-order valence-electron chi connectivity index (χ0n) is 20.6. The van der Waals surface area contributed by atoms with E-state index in [2.05, 4.69) is 15.3 Å². The van der Waals surface area contributed by atoms with Crippen LogP contribution in [0.4, 0.5) is 10.2 Å². The number of nitrogens with one attached hydrogen (secondary N) is 1. The van der Waals surface area contributed by atoms with Crippen LogP contribution in [0.15, 0.2) is 73.2 Å². The van der Waals surface area contributed by atoms with E-state index in [1.165, 1.54) is 25.6 Å². The van der Waals surface area contributed by atoms with E-state index in [4.69, 9.17) is 37.4 Å². The molecule has 0 bridgehead atoms. The van der Waals surface area contributed by atoms with Gasteiger partial charge in [-0.15, -0.1) is 0 Å². The first-order valence-corrected chi connectivity index (χ1v) is 12.3. The summed E-state index contributed by atoms with van der Waals surface area (Å²) in [6.45, 7) is 0.446. The van der Waals surface area contributed by atoms with Gasteiger partial charge in [-0.2, -0.15) is 0 Å². The predicted octanol–water partition coefficient (Wildman–Crippen LogP) is 6.69. The maximum Gasteiger partial charge on any atom is 0.338 e. The Morgan fingerprint density at radius 3 is 2.29 bits per heavy atom. The van der Waals surface area contributed by atoms with Crippen LogP contribution >= 0.6 is 23.2 Å². The number of rotatable bonds is 10. The molecule has 0 radical (unpaired) electrons. The molecule has 0 fully saturated rings. The van der Waals surface area contributed by atoms with Crippen molar-refractivity contribution in [2.75, 3.05) is 19.5 Å². The minimum atomic E-state index is -0.731. The van der Waals surface area contributed by atoms with Gasteiger partial charge in [0.05, 0.1) is 36.0 Å². The Morgan fingerprint density at radius 1 is 0.947 bits per heavy atom. The Kier molecular flexibility index (Phi) is 8.99. The highest BCUT2D eigenvalue weighted by Gasteiger charge is 2.23. The topological polar surface area (TPSA) is 82.6 Å². The van der Waals surface area contributed by atoms with E-state index in [9.17, 15) is 9.18 Å². The minimum Gasteiger partial charge on any atom is -0.493 e. The van der Waals surface area contributed by atoms with Crippen molar-refractivity contribution in [2.45, 2.75) is 19.1 Å². The Hall–Kier alpha value is -3.88. The highest BCUT2D eigenvalue weighted by atomic mass is 35.5. The maximum atomic E-state index is 13.2. The molecule has 0 spiro atoms. The first-order chi connectivity index (χ1) is 18.4. The molecule has 4 aromatic rings. The van der Waals surface area contributed by atoms with Gasteiger partial charge in [0.15, 0.2) is 11.5 Å². The van der Waals surface area contributed by atoms with Crippen molar-refractivity contribution in [3.05, 3.63) is 111 Å². The molecule has 10 heteroatoms. The van der Waals surface area contributed by atoms with Crippen LogP contribution in [-0.2, 0) is 17.7 Å². The summed E-state index contributed by atoms with van der Waals surface area (Å²) in [7, 11) is 3.07. The Morgan fingerprint density at radius 2 is 1.66 bits per heavy atom. The number of anilines is 1. The van der Waals surface area contributed by atoms with E-state index in [0.29, 0.717) is 50.6 Å². The number of hydrogen-bond acceptors (Lipinski definition) is 7. The molecule has 196 valence electrons. The molecule has 2 aromatic carbocycles. The number of carbonyl (C=O) groups excluding carboxylic acids is 1. The fraction of sp³-hybridized carbons (Fsp3) is 0.179. The van der Waals surface area contributed by atoms with E-state index in [1.807, 2.05) is 0 Å². The quantitative estimate of drug-likeness (QED) is 0.218. The molecule has 0 saturated carbocycles. The summed E-state index contributed by atoms with van der Waals surface area (Å²) in [5.74, 6) is 0.650. The van der Waals surface area contributed by atoms with Crippen LogP contribution in [0.1, 0.15) is 33.2 Å². The number of esters is 1. The molecular formula is C28H24Cl2FN3O4. The van der Waals surface area contributed by atoms with E-state index >= 15 is 0 Å². The van der Waals surface area contributed by atoms with Crippen LogP contribution in [0.2, 0.25) is 10.0 Å². The van der Waals surface area contributed by atoms with Gasteiger partial charge in [0.1, 0.15) is 17.7 Å². The zero-order chi connectivity index (χ0) is 27.1. The second-order valence-electron chi connectivity index (χ2n) is 8.21. The van der Waals surface area contributed by atoms with Gasteiger partial charge < -0.3 is 19.5 Å². The average Bonchev–Trinajstić information content (AvgIpc) is 2.94. The number of ether oxygens (including phenoxy) is 3. The van der Waals surface area contributed by atoms with Crippen molar-refractivity contribution >= 4 is 35.0 Å². The molecule has 0 amide bonds. The van der Waals surface area contributed by atoms with Crippen LogP contribution in [0.3, 0.4) is 0 Å². The van der Waals surface area contributed by atoms with Gasteiger partial charge in [0.2, 0.25) is 0 Å². The van der Waals surface area contributed by atoms with Gasteiger partial charge in [0, 0.05) is 25.4 Å². The lowest BCUT2D eigenvalue weighted by Crippen LogP contribution is -2.15. The number of methoxy groups -OCH3 is 2. The highest BCUT2D eigenvalue weighted by Crippen LogP contribution is 2.35. The van der Waals surface area contributed by atoms with Crippen molar-refractivity contribution in [2.24, 2.45) is 0 Å². The van der Waals surface area contributed by atoms with Crippen molar-refractivity contribution in [1.29, 1.82) is 0 Å². The lowest BCUT2D eigenvalue weighted by atomic mass is 10.0. The molecule has 0 saturated heterocycles. The van der Waals surface area contributed by atoms with Crippen molar-refractivity contribution in [1.82, 2.24) is 9.97 Å². The second-order valence-corrected chi connectivity index (χ2v) is 9.02. The number of nitrogens with zero attached hydrogens (tertiary/aromatic N) is 2. The predicted molar refractivity (Wildman–Crippen MR) is 144 cm³/mol. The average molecular weight is 556 g/mol. The monoisotopic (exact) mass is 555 g/mol.